The molecule has 380 valence electrons. The molecule has 0 aromatic carbocycles. The normalized spacial score (nSPS) is 12.2. The molecule has 0 radical (unpaired) electrons. The Morgan fingerprint density at radius 1 is 0.308 bits per heavy atom. The molecule has 0 aromatic heterocycles. The maximum absolute atomic E-state index is 12.8. The van der Waals surface area contributed by atoms with Gasteiger partial charge < -0.3 is 14.2 Å². The van der Waals surface area contributed by atoms with Crippen LogP contribution in [0.4, 0.5) is 0 Å². The van der Waals surface area contributed by atoms with Gasteiger partial charge in [-0.1, -0.05) is 243 Å². The van der Waals surface area contributed by atoms with Crippen molar-refractivity contribution in [1.82, 2.24) is 0 Å². The molecular formula is C59H108O6. The van der Waals surface area contributed by atoms with Gasteiger partial charge in [0.2, 0.25) is 0 Å². The van der Waals surface area contributed by atoms with Crippen molar-refractivity contribution in [3.63, 3.8) is 0 Å². The van der Waals surface area contributed by atoms with E-state index in [-0.39, 0.29) is 31.1 Å². The van der Waals surface area contributed by atoms with E-state index in [0.29, 0.717) is 19.3 Å². The lowest BCUT2D eigenvalue weighted by Gasteiger charge is -2.18. The summed E-state index contributed by atoms with van der Waals surface area (Å²) in [5.74, 6) is -0.883. The molecule has 0 heterocycles. The molecule has 0 saturated heterocycles. The van der Waals surface area contributed by atoms with Gasteiger partial charge >= 0.3 is 17.9 Å². The number of rotatable bonds is 52. The molecule has 0 aliphatic heterocycles. The van der Waals surface area contributed by atoms with Crippen LogP contribution in [-0.2, 0) is 28.6 Å². The number of ether oxygens (including phenoxy) is 3. The molecule has 0 saturated carbocycles. The predicted molar refractivity (Wildman–Crippen MR) is 279 cm³/mol. The third-order valence-electron chi connectivity index (χ3n) is 12.6. The van der Waals surface area contributed by atoms with Crippen molar-refractivity contribution in [3.05, 3.63) is 36.5 Å². The first-order valence-corrected chi connectivity index (χ1v) is 28.5. The molecule has 0 fully saturated rings. The van der Waals surface area contributed by atoms with Crippen LogP contribution >= 0.6 is 0 Å². The van der Waals surface area contributed by atoms with Gasteiger partial charge in [0.1, 0.15) is 13.2 Å². The first kappa shape index (κ1) is 62.6. The summed E-state index contributed by atoms with van der Waals surface area (Å²) in [6.45, 7) is 6.64. The van der Waals surface area contributed by atoms with Gasteiger partial charge in [0, 0.05) is 19.3 Å². The van der Waals surface area contributed by atoms with Crippen LogP contribution in [0.3, 0.4) is 0 Å². The summed E-state index contributed by atoms with van der Waals surface area (Å²) in [6, 6.07) is 0. The van der Waals surface area contributed by atoms with Crippen molar-refractivity contribution < 1.29 is 28.6 Å². The third-order valence-corrected chi connectivity index (χ3v) is 12.6. The monoisotopic (exact) mass is 913 g/mol. The highest BCUT2D eigenvalue weighted by Crippen LogP contribution is 2.16. The second-order valence-corrected chi connectivity index (χ2v) is 19.2. The lowest BCUT2D eigenvalue weighted by molar-refractivity contribution is -0.167. The molecule has 0 spiro atoms. The molecule has 0 bridgehead atoms. The van der Waals surface area contributed by atoms with Gasteiger partial charge in [-0.3, -0.25) is 14.4 Å². The fourth-order valence-electron chi connectivity index (χ4n) is 8.29. The van der Waals surface area contributed by atoms with E-state index in [4.69, 9.17) is 14.2 Å². The Labute approximate surface area is 404 Å². The van der Waals surface area contributed by atoms with E-state index in [2.05, 4.69) is 57.2 Å². The molecule has 6 heteroatoms. The quantitative estimate of drug-likeness (QED) is 0.0262. The van der Waals surface area contributed by atoms with E-state index in [1.807, 2.05) is 0 Å². The van der Waals surface area contributed by atoms with Crippen molar-refractivity contribution in [2.45, 2.75) is 309 Å². The van der Waals surface area contributed by atoms with E-state index in [0.717, 1.165) is 83.5 Å². The van der Waals surface area contributed by atoms with E-state index >= 15 is 0 Å². The summed E-state index contributed by atoms with van der Waals surface area (Å²) in [5, 5.41) is 0. The second kappa shape index (κ2) is 54.2. The third kappa shape index (κ3) is 52.5. The van der Waals surface area contributed by atoms with Gasteiger partial charge in [-0.2, -0.15) is 0 Å². The minimum Gasteiger partial charge on any atom is -0.462 e. The molecule has 0 aliphatic rings. The first-order valence-electron chi connectivity index (χ1n) is 28.5. The lowest BCUT2D eigenvalue weighted by Crippen LogP contribution is -2.30. The maximum Gasteiger partial charge on any atom is 0.306 e. The minimum atomic E-state index is -0.779. The summed E-state index contributed by atoms with van der Waals surface area (Å²) >= 11 is 0. The standard InChI is InChI=1S/C59H108O6/c1-4-7-10-13-16-19-22-25-28-29-32-34-37-40-43-46-49-52-58(61)64-55-56(65-59(62)53-50-47-44-41-38-35-31-27-24-21-18-15-12-9-6-3)54-63-57(60)51-48-45-42-39-36-33-30-26-23-20-17-14-11-8-5-2/h22,25,27,29,31-32,56H,4-21,23-24,26,28,30,33-55H2,1-3H3/b25-22-,31-27-,32-29-/t56-/m0/s1. The van der Waals surface area contributed by atoms with Crippen LogP contribution < -0.4 is 0 Å². The smallest absolute Gasteiger partial charge is 0.306 e. The molecule has 0 rings (SSSR count). The Kier molecular flexibility index (Phi) is 52.3. The highest BCUT2D eigenvalue weighted by molar-refractivity contribution is 5.71. The summed E-state index contributed by atoms with van der Waals surface area (Å²) in [6.07, 6.45) is 64.1. The van der Waals surface area contributed by atoms with Gasteiger partial charge in [0.25, 0.3) is 0 Å². The number of unbranched alkanes of at least 4 members (excludes halogenated alkanes) is 35. The van der Waals surface area contributed by atoms with E-state index in [1.54, 1.807) is 0 Å². The Bertz CT molecular complexity index is 1090. The molecule has 0 aliphatic carbocycles. The molecule has 0 N–H and O–H groups in total. The van der Waals surface area contributed by atoms with Gasteiger partial charge in [0.15, 0.2) is 6.10 Å². The molecule has 0 unspecified atom stereocenters. The van der Waals surface area contributed by atoms with Crippen LogP contribution in [0.25, 0.3) is 0 Å². The Morgan fingerprint density at radius 3 is 0.862 bits per heavy atom. The number of esters is 3. The second-order valence-electron chi connectivity index (χ2n) is 19.2. The Hall–Kier alpha value is -2.37. The van der Waals surface area contributed by atoms with Crippen molar-refractivity contribution in [2.75, 3.05) is 13.2 Å². The summed E-state index contributed by atoms with van der Waals surface area (Å²) in [4.78, 5) is 38.1. The van der Waals surface area contributed by atoms with Gasteiger partial charge in [0.05, 0.1) is 0 Å². The fourth-order valence-corrected chi connectivity index (χ4v) is 8.29. The number of carbonyl (C=O) groups is 3. The fraction of sp³-hybridized carbons (Fsp3) is 0.847. The van der Waals surface area contributed by atoms with Crippen molar-refractivity contribution in [2.24, 2.45) is 0 Å². The molecule has 1 atom stereocenters. The largest absolute Gasteiger partial charge is 0.462 e. The van der Waals surface area contributed by atoms with Crippen LogP contribution in [0, 0.1) is 0 Å². The molecule has 65 heavy (non-hydrogen) atoms. The summed E-state index contributed by atoms with van der Waals surface area (Å²) in [5.41, 5.74) is 0. The number of allylic oxidation sites excluding steroid dienone is 6. The van der Waals surface area contributed by atoms with Crippen LogP contribution in [-0.4, -0.2) is 37.2 Å². The molecule has 0 aromatic rings. The van der Waals surface area contributed by atoms with Crippen molar-refractivity contribution in [1.29, 1.82) is 0 Å². The zero-order valence-electron chi connectivity index (χ0n) is 43.5. The van der Waals surface area contributed by atoms with Crippen LogP contribution in [0.15, 0.2) is 36.5 Å². The molecule has 6 nitrogen and oxygen atoms in total. The van der Waals surface area contributed by atoms with Gasteiger partial charge in [-0.25, -0.2) is 0 Å². The number of carbonyl (C=O) groups excluding carboxylic acids is 3. The SMILES string of the molecule is CCCCCCC/C=C\C/C=C\CCCCCCCC(=O)OC[C@H](COC(=O)CCCCCCCCCCCCCCCCC)OC(=O)CCCCCCC/C=C\CCCCCCCC. The van der Waals surface area contributed by atoms with Gasteiger partial charge in [-0.15, -0.1) is 0 Å². The molecular weight excluding hydrogens is 805 g/mol. The topological polar surface area (TPSA) is 78.9 Å². The van der Waals surface area contributed by atoms with E-state index in [1.165, 1.54) is 180 Å². The van der Waals surface area contributed by atoms with Crippen LogP contribution in [0.5, 0.6) is 0 Å². The Morgan fingerprint density at radius 2 is 0.554 bits per heavy atom. The van der Waals surface area contributed by atoms with Crippen molar-refractivity contribution >= 4 is 17.9 Å². The number of hydrogen-bond acceptors (Lipinski definition) is 6. The average Bonchev–Trinajstić information content (AvgIpc) is 3.30. The lowest BCUT2D eigenvalue weighted by atomic mass is 10.0. The number of hydrogen-bond donors (Lipinski definition) is 0. The zero-order valence-corrected chi connectivity index (χ0v) is 43.5. The molecule has 0 amide bonds. The highest BCUT2D eigenvalue weighted by atomic mass is 16.6. The highest BCUT2D eigenvalue weighted by Gasteiger charge is 2.19. The van der Waals surface area contributed by atoms with Gasteiger partial charge in [-0.05, 0) is 77.0 Å². The van der Waals surface area contributed by atoms with E-state index in [9.17, 15) is 14.4 Å². The summed E-state index contributed by atoms with van der Waals surface area (Å²) in [7, 11) is 0. The van der Waals surface area contributed by atoms with Crippen LogP contribution in [0.1, 0.15) is 303 Å². The van der Waals surface area contributed by atoms with E-state index < -0.39 is 6.10 Å². The average molecular weight is 914 g/mol. The Balaban J connectivity index is 4.38. The minimum absolute atomic E-state index is 0.0766. The first-order chi connectivity index (χ1) is 32.0. The van der Waals surface area contributed by atoms with Crippen LogP contribution in [0.2, 0.25) is 0 Å². The summed E-state index contributed by atoms with van der Waals surface area (Å²) < 4.78 is 16.9. The zero-order chi connectivity index (χ0) is 47.2. The predicted octanol–water partition coefficient (Wildman–Crippen LogP) is 18.9. The van der Waals surface area contributed by atoms with Crippen molar-refractivity contribution in [3.8, 4) is 0 Å². The maximum atomic E-state index is 12.8.